The third-order valence-corrected chi connectivity index (χ3v) is 5.98. The summed E-state index contributed by atoms with van der Waals surface area (Å²) in [5.41, 5.74) is 0.202. The van der Waals surface area contributed by atoms with Crippen molar-refractivity contribution >= 4 is 10.0 Å². The van der Waals surface area contributed by atoms with Gasteiger partial charge in [-0.2, -0.15) is 9.40 Å². The van der Waals surface area contributed by atoms with E-state index < -0.39 is 15.8 Å². The quantitative estimate of drug-likeness (QED) is 0.914. The normalized spacial score (nSPS) is 17.5. The molecule has 0 bridgehead atoms. The maximum Gasteiger partial charge on any atom is 0.246 e. The maximum atomic E-state index is 13.8. The Labute approximate surface area is 134 Å². The molecule has 23 heavy (non-hydrogen) atoms. The Balaban J connectivity index is 1.84. The van der Waals surface area contributed by atoms with Crippen LogP contribution in [0.1, 0.15) is 12.8 Å². The van der Waals surface area contributed by atoms with Gasteiger partial charge in [-0.25, -0.2) is 17.5 Å². The fourth-order valence-corrected chi connectivity index (χ4v) is 4.09. The van der Waals surface area contributed by atoms with Gasteiger partial charge in [0.25, 0.3) is 0 Å². The molecule has 1 aromatic carbocycles. The fourth-order valence-electron chi connectivity index (χ4n) is 2.69. The summed E-state index contributed by atoms with van der Waals surface area (Å²) in [6.45, 7) is 0.829. The molecular weight excluding hydrogens is 321 g/mol. The molecule has 1 N–H and O–H groups in total. The first-order chi connectivity index (χ1) is 11.0. The van der Waals surface area contributed by atoms with Crippen molar-refractivity contribution in [2.45, 2.75) is 17.7 Å². The van der Waals surface area contributed by atoms with E-state index in [0.717, 1.165) is 0 Å². The van der Waals surface area contributed by atoms with Gasteiger partial charge in [0.2, 0.25) is 10.0 Å². The van der Waals surface area contributed by atoms with E-state index in [2.05, 4.69) is 5.10 Å². The molecule has 0 unspecified atom stereocenters. The Bertz CT molecular complexity index is 783. The smallest absolute Gasteiger partial charge is 0.246 e. The fraction of sp³-hybridized carbons (Fsp3) is 0.400. The Kier molecular flexibility index (Phi) is 4.47. The number of piperidine rings is 1. The van der Waals surface area contributed by atoms with Crippen molar-refractivity contribution in [1.29, 1.82) is 0 Å². The highest BCUT2D eigenvalue weighted by Crippen LogP contribution is 2.24. The van der Waals surface area contributed by atoms with Gasteiger partial charge in [0.1, 0.15) is 16.4 Å². The van der Waals surface area contributed by atoms with Crippen LogP contribution < -0.4 is 0 Å². The zero-order valence-corrected chi connectivity index (χ0v) is 13.3. The van der Waals surface area contributed by atoms with Crippen LogP contribution in [0.5, 0.6) is 0 Å². The molecule has 2 aromatic rings. The van der Waals surface area contributed by atoms with Crippen molar-refractivity contribution < 1.29 is 17.9 Å². The number of hydrogen-bond acceptors (Lipinski definition) is 4. The lowest BCUT2D eigenvalue weighted by Gasteiger charge is -2.29. The van der Waals surface area contributed by atoms with Gasteiger partial charge in [-0.1, -0.05) is 12.1 Å². The largest absolute Gasteiger partial charge is 0.396 e. The van der Waals surface area contributed by atoms with E-state index in [1.54, 1.807) is 12.1 Å². The second-order valence-electron chi connectivity index (χ2n) is 5.60. The minimum atomic E-state index is -3.65. The van der Waals surface area contributed by atoms with Crippen LogP contribution in [0.2, 0.25) is 0 Å². The van der Waals surface area contributed by atoms with Crippen molar-refractivity contribution in [3.63, 3.8) is 0 Å². The van der Waals surface area contributed by atoms with Crippen LogP contribution in [0.15, 0.2) is 41.6 Å². The standard InChI is InChI=1S/C15H18FN3O3S/c16-14-3-1-2-4-15(14)19-10-13(9-17-19)23(21,22)18-7-5-12(11-20)6-8-18/h1-4,9-10,12,20H,5-8,11H2. The van der Waals surface area contributed by atoms with Gasteiger partial charge in [0.15, 0.2) is 0 Å². The average molecular weight is 339 g/mol. The first-order valence-corrected chi connectivity index (χ1v) is 8.87. The first-order valence-electron chi connectivity index (χ1n) is 7.43. The molecule has 6 nitrogen and oxygen atoms in total. The summed E-state index contributed by atoms with van der Waals surface area (Å²) in [6.07, 6.45) is 3.83. The Morgan fingerprint density at radius 1 is 1.26 bits per heavy atom. The highest BCUT2D eigenvalue weighted by molar-refractivity contribution is 7.89. The molecule has 0 atom stereocenters. The molecule has 0 amide bonds. The van der Waals surface area contributed by atoms with E-state index in [4.69, 9.17) is 5.11 Å². The summed E-state index contributed by atoms with van der Waals surface area (Å²) in [4.78, 5) is 0.0446. The molecular formula is C15H18FN3O3S. The summed E-state index contributed by atoms with van der Waals surface area (Å²) in [5, 5.41) is 13.1. The van der Waals surface area contributed by atoms with Gasteiger partial charge in [-0.3, -0.25) is 0 Å². The number of rotatable bonds is 4. The third-order valence-electron chi connectivity index (χ3n) is 4.13. The SMILES string of the molecule is O=S(=O)(c1cnn(-c2ccccc2F)c1)N1CCC(CO)CC1. The molecule has 3 rings (SSSR count). The van der Waals surface area contributed by atoms with Gasteiger partial charge in [0, 0.05) is 19.7 Å². The monoisotopic (exact) mass is 339 g/mol. The topological polar surface area (TPSA) is 75.4 Å². The summed E-state index contributed by atoms with van der Waals surface area (Å²) in [6, 6.07) is 6.05. The molecule has 1 saturated heterocycles. The summed E-state index contributed by atoms with van der Waals surface area (Å²) in [7, 11) is -3.65. The van der Waals surface area contributed by atoms with Crippen LogP contribution in [0, 0.1) is 11.7 Å². The number of para-hydroxylation sites is 1. The molecule has 8 heteroatoms. The van der Waals surface area contributed by atoms with E-state index >= 15 is 0 Å². The number of aromatic nitrogens is 2. The highest BCUT2D eigenvalue weighted by Gasteiger charge is 2.30. The van der Waals surface area contributed by atoms with Crippen molar-refractivity contribution in [3.05, 3.63) is 42.5 Å². The van der Waals surface area contributed by atoms with E-state index in [-0.39, 0.29) is 23.1 Å². The van der Waals surface area contributed by atoms with Crippen LogP contribution in [0.3, 0.4) is 0 Å². The van der Waals surface area contributed by atoms with Crippen molar-refractivity contribution in [1.82, 2.24) is 14.1 Å². The van der Waals surface area contributed by atoms with Gasteiger partial charge in [-0.15, -0.1) is 0 Å². The molecule has 1 aliphatic heterocycles. The Morgan fingerprint density at radius 3 is 2.61 bits per heavy atom. The predicted octanol–water partition coefficient (Wildman–Crippen LogP) is 1.40. The first kappa shape index (κ1) is 16.1. The molecule has 0 spiro atoms. The predicted molar refractivity (Wildman–Crippen MR) is 82.1 cm³/mol. The lowest BCUT2D eigenvalue weighted by Crippen LogP contribution is -2.39. The Morgan fingerprint density at radius 2 is 1.96 bits per heavy atom. The van der Waals surface area contributed by atoms with Gasteiger partial charge in [-0.05, 0) is 30.9 Å². The van der Waals surface area contributed by atoms with Crippen LogP contribution in [-0.4, -0.2) is 47.3 Å². The zero-order chi connectivity index (χ0) is 16.4. The Hall–Kier alpha value is -1.77. The number of aliphatic hydroxyl groups is 1. The summed E-state index contributed by atoms with van der Waals surface area (Å²) in [5.74, 6) is -0.314. The minimum Gasteiger partial charge on any atom is -0.396 e. The lowest BCUT2D eigenvalue weighted by molar-refractivity contribution is 0.170. The van der Waals surface area contributed by atoms with E-state index in [1.165, 1.54) is 33.5 Å². The van der Waals surface area contributed by atoms with Crippen LogP contribution in [0.25, 0.3) is 5.69 Å². The van der Waals surface area contributed by atoms with Crippen LogP contribution in [0.4, 0.5) is 4.39 Å². The van der Waals surface area contributed by atoms with Crippen molar-refractivity contribution in [2.75, 3.05) is 19.7 Å². The molecule has 1 aliphatic rings. The molecule has 0 radical (unpaired) electrons. The van der Waals surface area contributed by atoms with E-state index in [9.17, 15) is 12.8 Å². The second kappa shape index (κ2) is 6.38. The number of hydrogen-bond donors (Lipinski definition) is 1. The van der Waals surface area contributed by atoms with Gasteiger partial charge < -0.3 is 5.11 Å². The zero-order valence-electron chi connectivity index (χ0n) is 12.5. The summed E-state index contributed by atoms with van der Waals surface area (Å²) >= 11 is 0. The number of sulfonamides is 1. The average Bonchev–Trinajstić information content (AvgIpc) is 3.06. The van der Waals surface area contributed by atoms with E-state index in [0.29, 0.717) is 25.9 Å². The maximum absolute atomic E-state index is 13.8. The minimum absolute atomic E-state index is 0.0446. The third kappa shape index (κ3) is 3.15. The van der Waals surface area contributed by atoms with Crippen molar-refractivity contribution in [2.24, 2.45) is 5.92 Å². The van der Waals surface area contributed by atoms with Gasteiger partial charge in [0.05, 0.1) is 12.4 Å². The number of halogens is 1. The number of nitrogens with zero attached hydrogens (tertiary/aromatic N) is 3. The van der Waals surface area contributed by atoms with Crippen molar-refractivity contribution in [3.8, 4) is 5.69 Å². The van der Waals surface area contributed by atoms with E-state index in [1.807, 2.05) is 0 Å². The molecule has 0 saturated carbocycles. The molecule has 1 fully saturated rings. The van der Waals surface area contributed by atoms with Gasteiger partial charge >= 0.3 is 0 Å². The molecule has 124 valence electrons. The van der Waals surface area contributed by atoms with Crippen LogP contribution in [-0.2, 0) is 10.0 Å². The second-order valence-corrected chi connectivity index (χ2v) is 7.54. The van der Waals surface area contributed by atoms with Crippen LogP contribution >= 0.6 is 0 Å². The number of benzene rings is 1. The molecule has 1 aromatic heterocycles. The number of aliphatic hydroxyl groups excluding tert-OH is 1. The molecule has 2 heterocycles. The highest BCUT2D eigenvalue weighted by atomic mass is 32.2. The lowest BCUT2D eigenvalue weighted by atomic mass is 10.00. The molecule has 0 aliphatic carbocycles. The summed E-state index contributed by atoms with van der Waals surface area (Å²) < 4.78 is 41.6.